The van der Waals surface area contributed by atoms with Gasteiger partial charge in [0.15, 0.2) is 5.69 Å². The molecule has 2 aromatic rings. The van der Waals surface area contributed by atoms with Crippen molar-refractivity contribution in [3.63, 3.8) is 0 Å². The van der Waals surface area contributed by atoms with Gasteiger partial charge in [-0.1, -0.05) is 35.5 Å². The molecular weight excluding hydrogens is 260 g/mol. The number of nitrogens with zero attached hydrogens (tertiary/aromatic N) is 4. The standard InChI is InChI=1S/C13H12N4O3/c18-12-11-10(13(19)20)14-15-17(11)7-6-16(12)8-9-4-2-1-3-5-9/h1-5H,6-8H2,(H,19,20). The summed E-state index contributed by atoms with van der Waals surface area (Å²) in [5, 5.41) is 16.3. The highest BCUT2D eigenvalue weighted by molar-refractivity contribution is 6.02. The van der Waals surface area contributed by atoms with Crippen molar-refractivity contribution in [2.75, 3.05) is 6.54 Å². The van der Waals surface area contributed by atoms with Crippen LogP contribution in [0.5, 0.6) is 0 Å². The van der Waals surface area contributed by atoms with Gasteiger partial charge in [0.2, 0.25) is 5.69 Å². The topological polar surface area (TPSA) is 88.3 Å². The Labute approximate surface area is 114 Å². The molecule has 0 spiro atoms. The van der Waals surface area contributed by atoms with Crippen molar-refractivity contribution in [2.24, 2.45) is 0 Å². The first kappa shape index (κ1) is 12.3. The molecule has 1 amide bonds. The molecule has 0 bridgehead atoms. The third-order valence-electron chi connectivity index (χ3n) is 3.23. The van der Waals surface area contributed by atoms with Gasteiger partial charge in [0.1, 0.15) is 0 Å². The van der Waals surface area contributed by atoms with Gasteiger partial charge in [-0.05, 0) is 5.56 Å². The molecule has 1 N–H and O–H groups in total. The van der Waals surface area contributed by atoms with E-state index in [-0.39, 0.29) is 17.3 Å². The summed E-state index contributed by atoms with van der Waals surface area (Å²) in [6.07, 6.45) is 0. The molecule has 1 aromatic heterocycles. The summed E-state index contributed by atoms with van der Waals surface area (Å²) >= 11 is 0. The molecule has 1 aliphatic heterocycles. The molecule has 102 valence electrons. The van der Waals surface area contributed by atoms with Gasteiger partial charge in [0, 0.05) is 13.1 Å². The summed E-state index contributed by atoms with van der Waals surface area (Å²) in [5.41, 5.74) is 0.770. The zero-order valence-corrected chi connectivity index (χ0v) is 10.6. The molecular formula is C13H12N4O3. The van der Waals surface area contributed by atoms with E-state index in [1.54, 1.807) is 4.90 Å². The Morgan fingerprint density at radius 3 is 2.70 bits per heavy atom. The van der Waals surface area contributed by atoms with Gasteiger partial charge < -0.3 is 10.0 Å². The number of carboxylic acids is 1. The third kappa shape index (κ3) is 2.03. The number of benzene rings is 1. The van der Waals surface area contributed by atoms with E-state index < -0.39 is 5.97 Å². The molecule has 0 saturated carbocycles. The molecule has 0 fully saturated rings. The molecule has 1 aliphatic rings. The molecule has 0 radical (unpaired) electrons. The van der Waals surface area contributed by atoms with Gasteiger partial charge in [-0.3, -0.25) is 4.79 Å². The molecule has 0 atom stereocenters. The number of carbonyl (C=O) groups is 2. The van der Waals surface area contributed by atoms with E-state index in [2.05, 4.69) is 10.3 Å². The molecule has 7 heteroatoms. The van der Waals surface area contributed by atoms with Crippen LogP contribution < -0.4 is 0 Å². The minimum Gasteiger partial charge on any atom is -0.476 e. The normalized spacial score (nSPS) is 14.2. The van der Waals surface area contributed by atoms with E-state index in [0.717, 1.165) is 5.56 Å². The van der Waals surface area contributed by atoms with E-state index in [1.807, 2.05) is 30.3 Å². The number of hydrogen-bond acceptors (Lipinski definition) is 4. The number of fused-ring (bicyclic) bond motifs is 1. The smallest absolute Gasteiger partial charge is 0.358 e. The summed E-state index contributed by atoms with van der Waals surface area (Å²) in [6, 6.07) is 9.56. The van der Waals surface area contributed by atoms with Crippen LogP contribution in [0.1, 0.15) is 26.5 Å². The summed E-state index contributed by atoms with van der Waals surface area (Å²) in [7, 11) is 0. The summed E-state index contributed by atoms with van der Waals surface area (Å²) in [6.45, 7) is 1.39. The van der Waals surface area contributed by atoms with Gasteiger partial charge in [0.05, 0.1) is 6.54 Å². The fourth-order valence-electron chi connectivity index (χ4n) is 2.25. The first-order valence-electron chi connectivity index (χ1n) is 6.17. The minimum absolute atomic E-state index is 0.0553. The first-order chi connectivity index (χ1) is 9.66. The Morgan fingerprint density at radius 2 is 2.00 bits per heavy atom. The summed E-state index contributed by atoms with van der Waals surface area (Å²) in [4.78, 5) is 25.0. The van der Waals surface area contributed by atoms with E-state index >= 15 is 0 Å². The van der Waals surface area contributed by atoms with Crippen LogP contribution in [-0.2, 0) is 13.1 Å². The maximum Gasteiger partial charge on any atom is 0.358 e. The van der Waals surface area contributed by atoms with Crippen LogP contribution in [-0.4, -0.2) is 43.4 Å². The maximum absolute atomic E-state index is 12.4. The predicted molar refractivity (Wildman–Crippen MR) is 68.2 cm³/mol. The predicted octanol–water partition coefficient (Wildman–Crippen LogP) is 0.632. The van der Waals surface area contributed by atoms with Crippen LogP contribution in [0.3, 0.4) is 0 Å². The van der Waals surface area contributed by atoms with Crippen molar-refractivity contribution in [3.8, 4) is 0 Å². The summed E-state index contributed by atoms with van der Waals surface area (Å²) < 4.78 is 1.35. The van der Waals surface area contributed by atoms with Gasteiger partial charge in [-0.15, -0.1) is 5.10 Å². The lowest BCUT2D eigenvalue weighted by Gasteiger charge is -2.27. The molecule has 1 aromatic carbocycles. The number of carboxylic acid groups (broad SMARTS) is 1. The number of amides is 1. The Morgan fingerprint density at radius 1 is 1.25 bits per heavy atom. The highest BCUT2D eigenvalue weighted by Crippen LogP contribution is 2.17. The highest BCUT2D eigenvalue weighted by Gasteiger charge is 2.32. The van der Waals surface area contributed by atoms with Crippen molar-refractivity contribution in [1.82, 2.24) is 19.9 Å². The van der Waals surface area contributed by atoms with Crippen LogP contribution in [0.25, 0.3) is 0 Å². The molecule has 0 unspecified atom stereocenters. The Hall–Kier alpha value is -2.70. The second-order valence-electron chi connectivity index (χ2n) is 4.53. The maximum atomic E-state index is 12.4. The van der Waals surface area contributed by atoms with E-state index in [0.29, 0.717) is 19.6 Å². The molecule has 2 heterocycles. The third-order valence-corrected chi connectivity index (χ3v) is 3.23. The SMILES string of the molecule is O=C(O)c1nnn2c1C(=O)N(Cc1ccccc1)CC2. The average molecular weight is 272 g/mol. The number of aromatic carboxylic acids is 1. The first-order valence-corrected chi connectivity index (χ1v) is 6.17. The molecule has 3 rings (SSSR count). The second kappa shape index (κ2) is 4.76. The fraction of sp³-hybridized carbons (Fsp3) is 0.231. The Bertz CT molecular complexity index is 666. The second-order valence-corrected chi connectivity index (χ2v) is 4.53. The van der Waals surface area contributed by atoms with Crippen LogP contribution in [0, 0.1) is 0 Å². The molecule has 20 heavy (non-hydrogen) atoms. The lowest BCUT2D eigenvalue weighted by Crippen LogP contribution is -2.40. The van der Waals surface area contributed by atoms with Crippen LogP contribution >= 0.6 is 0 Å². The van der Waals surface area contributed by atoms with Gasteiger partial charge in [-0.2, -0.15) is 0 Å². The van der Waals surface area contributed by atoms with E-state index in [1.165, 1.54) is 4.68 Å². The van der Waals surface area contributed by atoms with Gasteiger partial charge in [0.25, 0.3) is 5.91 Å². The zero-order valence-electron chi connectivity index (χ0n) is 10.6. The number of carbonyl (C=O) groups excluding carboxylic acids is 1. The van der Waals surface area contributed by atoms with Crippen LogP contribution in [0.15, 0.2) is 30.3 Å². The van der Waals surface area contributed by atoms with Gasteiger partial charge in [-0.25, -0.2) is 9.48 Å². The lowest BCUT2D eigenvalue weighted by atomic mass is 10.1. The largest absolute Gasteiger partial charge is 0.476 e. The quantitative estimate of drug-likeness (QED) is 0.885. The van der Waals surface area contributed by atoms with Crippen molar-refractivity contribution >= 4 is 11.9 Å². The van der Waals surface area contributed by atoms with Gasteiger partial charge >= 0.3 is 5.97 Å². The average Bonchev–Trinajstić information content (AvgIpc) is 2.88. The molecule has 7 nitrogen and oxygen atoms in total. The van der Waals surface area contributed by atoms with Crippen molar-refractivity contribution < 1.29 is 14.7 Å². The minimum atomic E-state index is -1.24. The highest BCUT2D eigenvalue weighted by atomic mass is 16.4. The molecule has 0 aliphatic carbocycles. The Kier molecular flexibility index (Phi) is 2.94. The van der Waals surface area contributed by atoms with Crippen molar-refractivity contribution in [3.05, 3.63) is 47.3 Å². The number of aromatic nitrogens is 3. The zero-order chi connectivity index (χ0) is 14.1. The van der Waals surface area contributed by atoms with Crippen molar-refractivity contribution in [1.29, 1.82) is 0 Å². The molecule has 0 saturated heterocycles. The Balaban J connectivity index is 1.89. The lowest BCUT2D eigenvalue weighted by molar-refractivity contribution is 0.0641. The van der Waals surface area contributed by atoms with E-state index in [4.69, 9.17) is 5.11 Å². The van der Waals surface area contributed by atoms with Crippen LogP contribution in [0.4, 0.5) is 0 Å². The number of rotatable bonds is 3. The van der Waals surface area contributed by atoms with E-state index in [9.17, 15) is 9.59 Å². The van der Waals surface area contributed by atoms with Crippen molar-refractivity contribution in [2.45, 2.75) is 13.1 Å². The fourth-order valence-corrected chi connectivity index (χ4v) is 2.25. The summed E-state index contributed by atoms with van der Waals surface area (Å²) in [5.74, 6) is -1.58. The van der Waals surface area contributed by atoms with Crippen LogP contribution in [0.2, 0.25) is 0 Å². The monoisotopic (exact) mass is 272 g/mol. The number of hydrogen-bond donors (Lipinski definition) is 1.